The Balaban J connectivity index is 2.19. The zero-order valence-corrected chi connectivity index (χ0v) is 12.9. The molecule has 0 heterocycles. The van der Waals surface area contributed by atoms with Crippen LogP contribution in [-0.2, 0) is 5.41 Å². The van der Waals surface area contributed by atoms with Crippen molar-refractivity contribution in [2.75, 3.05) is 0 Å². The third-order valence-corrected chi connectivity index (χ3v) is 5.29. The lowest BCUT2D eigenvalue weighted by Gasteiger charge is -2.32. The monoisotopic (exact) mass is 284 g/mol. The van der Waals surface area contributed by atoms with Crippen LogP contribution in [0.3, 0.4) is 0 Å². The third-order valence-electron chi connectivity index (χ3n) is 4.94. The van der Waals surface area contributed by atoms with Gasteiger partial charge in [0.2, 0.25) is 0 Å². The van der Waals surface area contributed by atoms with Crippen LogP contribution in [0.2, 0.25) is 0 Å². The van der Waals surface area contributed by atoms with E-state index in [9.17, 15) is 0 Å². The predicted octanol–water partition coefficient (Wildman–Crippen LogP) is 5.49. The van der Waals surface area contributed by atoms with Crippen LogP contribution < -0.4 is 0 Å². The quantitative estimate of drug-likeness (QED) is 0.644. The van der Waals surface area contributed by atoms with Gasteiger partial charge in [-0.25, -0.2) is 0 Å². The fourth-order valence-electron chi connectivity index (χ4n) is 3.38. The molecule has 0 saturated heterocycles. The number of hydrogen-bond acceptors (Lipinski definition) is 0. The molecule has 1 aliphatic rings. The molecule has 100 valence electrons. The normalized spacial score (nSPS) is 32.1. The Hall–Kier alpha value is -0.200. The summed E-state index contributed by atoms with van der Waals surface area (Å²) >= 11 is 11.9. The minimum Gasteiger partial charge on any atom is -0.105 e. The minimum atomic E-state index is -0.224. The highest BCUT2D eigenvalue weighted by molar-refractivity contribution is 6.44. The van der Waals surface area contributed by atoms with Crippen molar-refractivity contribution in [1.29, 1.82) is 0 Å². The molecule has 1 aromatic rings. The van der Waals surface area contributed by atoms with Crippen molar-refractivity contribution in [2.45, 2.75) is 50.3 Å². The van der Waals surface area contributed by atoms with Crippen molar-refractivity contribution < 1.29 is 0 Å². The van der Waals surface area contributed by atoms with Gasteiger partial charge >= 0.3 is 0 Å². The molecule has 1 fully saturated rings. The molecule has 1 aromatic carbocycles. The van der Waals surface area contributed by atoms with Gasteiger partial charge in [0.25, 0.3) is 0 Å². The molecule has 0 aromatic heterocycles. The molecule has 0 unspecified atom stereocenters. The topological polar surface area (TPSA) is 0 Å². The Bertz CT molecular complexity index is 396. The maximum atomic E-state index is 5.95. The molecule has 3 atom stereocenters. The molecule has 2 heteroatoms. The highest BCUT2D eigenvalue weighted by Crippen LogP contribution is 2.50. The van der Waals surface area contributed by atoms with E-state index in [1.165, 1.54) is 24.0 Å². The molecule has 0 N–H and O–H groups in total. The molecule has 0 radical (unpaired) electrons. The summed E-state index contributed by atoms with van der Waals surface area (Å²) in [6.45, 7) is 6.88. The standard InChI is InChI=1S/C16H22Cl2/c1-11-4-6-14(7-5-11)16(3)9-8-13(12(16)2)10-15(17)18/h4-7,12-13,15H,8-10H2,1-3H3/t12-,13+,16+/m0/s1. The van der Waals surface area contributed by atoms with Gasteiger partial charge in [-0.15, -0.1) is 23.2 Å². The number of alkyl halides is 2. The second kappa shape index (κ2) is 5.43. The van der Waals surface area contributed by atoms with Crippen molar-refractivity contribution >= 4 is 23.2 Å². The number of halogens is 2. The van der Waals surface area contributed by atoms with E-state index in [0.717, 1.165) is 6.42 Å². The molecule has 0 aliphatic heterocycles. The maximum absolute atomic E-state index is 5.95. The van der Waals surface area contributed by atoms with E-state index in [2.05, 4.69) is 45.0 Å². The average molecular weight is 285 g/mol. The van der Waals surface area contributed by atoms with Crippen LogP contribution in [0.5, 0.6) is 0 Å². The molecular weight excluding hydrogens is 263 g/mol. The molecule has 18 heavy (non-hydrogen) atoms. The summed E-state index contributed by atoms with van der Waals surface area (Å²) in [5.41, 5.74) is 3.07. The highest BCUT2D eigenvalue weighted by atomic mass is 35.5. The van der Waals surface area contributed by atoms with Crippen LogP contribution in [0.15, 0.2) is 24.3 Å². The first kappa shape index (κ1) is 14.2. The number of rotatable bonds is 3. The Morgan fingerprint density at radius 2 is 1.89 bits per heavy atom. The largest absolute Gasteiger partial charge is 0.108 e. The lowest BCUT2D eigenvalue weighted by molar-refractivity contribution is 0.300. The van der Waals surface area contributed by atoms with E-state index in [4.69, 9.17) is 23.2 Å². The van der Waals surface area contributed by atoms with Gasteiger partial charge in [-0.3, -0.25) is 0 Å². The lowest BCUT2D eigenvalue weighted by Crippen LogP contribution is -2.28. The van der Waals surface area contributed by atoms with Crippen molar-refractivity contribution in [3.63, 3.8) is 0 Å². The van der Waals surface area contributed by atoms with Gasteiger partial charge in [-0.2, -0.15) is 0 Å². The molecule has 0 amide bonds. The van der Waals surface area contributed by atoms with Crippen LogP contribution in [-0.4, -0.2) is 4.84 Å². The second-order valence-electron chi connectivity index (χ2n) is 6.00. The van der Waals surface area contributed by atoms with Gasteiger partial charge in [0.05, 0.1) is 0 Å². The Morgan fingerprint density at radius 1 is 1.28 bits per heavy atom. The van der Waals surface area contributed by atoms with Crippen molar-refractivity contribution in [1.82, 2.24) is 0 Å². The SMILES string of the molecule is Cc1ccc([C@]2(C)CC[C@H](CC(Cl)Cl)[C@@H]2C)cc1. The fraction of sp³-hybridized carbons (Fsp3) is 0.625. The van der Waals surface area contributed by atoms with E-state index >= 15 is 0 Å². The van der Waals surface area contributed by atoms with Gasteiger partial charge in [0.1, 0.15) is 4.84 Å². The number of aryl methyl sites for hydroxylation is 1. The maximum Gasteiger partial charge on any atom is 0.108 e. The van der Waals surface area contributed by atoms with Crippen LogP contribution in [0.4, 0.5) is 0 Å². The van der Waals surface area contributed by atoms with Crippen LogP contribution in [0.1, 0.15) is 44.2 Å². The van der Waals surface area contributed by atoms with Gasteiger partial charge in [0.15, 0.2) is 0 Å². The molecule has 2 rings (SSSR count). The van der Waals surface area contributed by atoms with Gasteiger partial charge in [-0.1, -0.05) is 43.7 Å². The zero-order chi connectivity index (χ0) is 13.3. The van der Waals surface area contributed by atoms with Crippen LogP contribution in [0, 0.1) is 18.8 Å². The third kappa shape index (κ3) is 2.70. The summed E-state index contributed by atoms with van der Waals surface area (Å²) in [5.74, 6) is 1.29. The predicted molar refractivity (Wildman–Crippen MR) is 80.5 cm³/mol. The summed E-state index contributed by atoms with van der Waals surface area (Å²) in [4.78, 5) is -0.224. The highest BCUT2D eigenvalue weighted by Gasteiger charge is 2.43. The summed E-state index contributed by atoms with van der Waals surface area (Å²) in [6, 6.07) is 9.00. The second-order valence-corrected chi connectivity index (χ2v) is 7.27. The lowest BCUT2D eigenvalue weighted by atomic mass is 9.72. The van der Waals surface area contributed by atoms with Gasteiger partial charge in [0, 0.05) is 0 Å². The van der Waals surface area contributed by atoms with E-state index < -0.39 is 0 Å². The van der Waals surface area contributed by atoms with Crippen molar-refractivity contribution in [3.8, 4) is 0 Å². The summed E-state index contributed by atoms with van der Waals surface area (Å²) in [6.07, 6.45) is 3.40. The zero-order valence-electron chi connectivity index (χ0n) is 11.4. The van der Waals surface area contributed by atoms with E-state index in [1.807, 2.05) is 0 Å². The van der Waals surface area contributed by atoms with Crippen LogP contribution >= 0.6 is 23.2 Å². The summed E-state index contributed by atoms with van der Waals surface area (Å²) in [5, 5.41) is 0. The molecule has 0 nitrogen and oxygen atoms in total. The first-order valence-corrected chi connectivity index (χ1v) is 7.66. The molecule has 0 bridgehead atoms. The Morgan fingerprint density at radius 3 is 2.44 bits per heavy atom. The van der Waals surface area contributed by atoms with E-state index in [0.29, 0.717) is 11.8 Å². The molecule has 1 saturated carbocycles. The van der Waals surface area contributed by atoms with Crippen molar-refractivity contribution in [2.24, 2.45) is 11.8 Å². The van der Waals surface area contributed by atoms with Crippen LogP contribution in [0.25, 0.3) is 0 Å². The van der Waals surface area contributed by atoms with E-state index in [-0.39, 0.29) is 10.3 Å². The van der Waals surface area contributed by atoms with Gasteiger partial charge in [-0.05, 0) is 49.0 Å². The number of benzene rings is 1. The first-order chi connectivity index (χ1) is 8.43. The number of hydrogen-bond donors (Lipinski definition) is 0. The van der Waals surface area contributed by atoms with Crippen molar-refractivity contribution in [3.05, 3.63) is 35.4 Å². The Kier molecular flexibility index (Phi) is 4.29. The Labute approximate surface area is 121 Å². The average Bonchev–Trinajstić information content (AvgIpc) is 2.59. The summed E-state index contributed by atoms with van der Waals surface area (Å²) in [7, 11) is 0. The fourth-order valence-corrected chi connectivity index (χ4v) is 3.83. The van der Waals surface area contributed by atoms with Gasteiger partial charge < -0.3 is 0 Å². The molecular formula is C16H22Cl2. The smallest absolute Gasteiger partial charge is 0.105 e. The van der Waals surface area contributed by atoms with E-state index in [1.54, 1.807) is 0 Å². The molecule has 1 aliphatic carbocycles. The minimum absolute atomic E-state index is 0.224. The molecule has 0 spiro atoms. The summed E-state index contributed by atoms with van der Waals surface area (Å²) < 4.78 is 0. The first-order valence-electron chi connectivity index (χ1n) is 6.79.